The van der Waals surface area contributed by atoms with Crippen LogP contribution >= 0.6 is 0 Å². The fraction of sp³-hybridized carbons (Fsp3) is 0.385. The van der Waals surface area contributed by atoms with E-state index >= 15 is 0 Å². The van der Waals surface area contributed by atoms with E-state index < -0.39 is 18.0 Å². The summed E-state index contributed by atoms with van der Waals surface area (Å²) in [6.07, 6.45) is -0.177. The van der Waals surface area contributed by atoms with Crippen molar-refractivity contribution in [2.75, 3.05) is 7.11 Å². The molecule has 5 nitrogen and oxygen atoms in total. The van der Waals surface area contributed by atoms with Crippen LogP contribution in [0.3, 0.4) is 0 Å². The number of nitrogens with two attached hydrogens (primary N) is 1. The molecule has 0 spiro atoms. The highest BCUT2D eigenvalue weighted by atomic mass is 16.5. The van der Waals surface area contributed by atoms with Crippen LogP contribution in [-0.4, -0.2) is 24.2 Å². The summed E-state index contributed by atoms with van der Waals surface area (Å²) < 4.78 is 4.69. The second-order valence-electron chi connectivity index (χ2n) is 4.21. The van der Waals surface area contributed by atoms with Gasteiger partial charge in [0.15, 0.2) is 0 Å². The average molecular weight is 251 g/mol. The van der Waals surface area contributed by atoms with Crippen LogP contribution < -0.4 is 5.73 Å². The summed E-state index contributed by atoms with van der Waals surface area (Å²) in [4.78, 5) is 22.2. The lowest BCUT2D eigenvalue weighted by Gasteiger charge is -2.14. The maximum atomic E-state index is 11.6. The zero-order valence-electron chi connectivity index (χ0n) is 10.7. The third kappa shape index (κ3) is 3.07. The molecule has 0 saturated heterocycles. The van der Waals surface area contributed by atoms with Crippen LogP contribution in [0.5, 0.6) is 0 Å². The van der Waals surface area contributed by atoms with Gasteiger partial charge in [0.05, 0.1) is 19.1 Å². The highest BCUT2D eigenvalue weighted by molar-refractivity contribution is 5.91. The first-order chi connectivity index (χ1) is 8.36. The Labute approximate surface area is 106 Å². The average Bonchev–Trinajstić information content (AvgIpc) is 2.30. The lowest BCUT2D eigenvalue weighted by Crippen LogP contribution is -2.16. The van der Waals surface area contributed by atoms with Crippen molar-refractivity contribution < 1.29 is 19.4 Å². The van der Waals surface area contributed by atoms with Crippen LogP contribution in [0, 0.1) is 13.8 Å². The summed E-state index contributed by atoms with van der Waals surface area (Å²) in [7, 11) is 1.31. The zero-order valence-corrected chi connectivity index (χ0v) is 10.7. The molecule has 3 N–H and O–H groups in total. The van der Waals surface area contributed by atoms with E-state index in [1.807, 2.05) is 13.8 Å². The van der Waals surface area contributed by atoms with Gasteiger partial charge in [0.2, 0.25) is 0 Å². The Balaban J connectivity index is 3.19. The molecule has 1 rings (SSSR count). The van der Waals surface area contributed by atoms with Gasteiger partial charge in [0.1, 0.15) is 0 Å². The number of carboxylic acids is 1. The van der Waals surface area contributed by atoms with Crippen LogP contribution in [0.1, 0.15) is 39.5 Å². The van der Waals surface area contributed by atoms with Crippen LogP contribution in [-0.2, 0) is 9.53 Å². The Kier molecular flexibility index (Phi) is 4.44. The van der Waals surface area contributed by atoms with Gasteiger partial charge in [-0.15, -0.1) is 0 Å². The number of benzene rings is 1. The molecule has 1 aromatic carbocycles. The molecule has 1 atom stereocenters. The van der Waals surface area contributed by atoms with Gasteiger partial charge in [0.25, 0.3) is 0 Å². The molecule has 1 unspecified atom stereocenters. The smallest absolute Gasteiger partial charge is 0.338 e. The Hall–Kier alpha value is -1.88. The van der Waals surface area contributed by atoms with E-state index in [1.165, 1.54) is 7.11 Å². The van der Waals surface area contributed by atoms with Crippen molar-refractivity contribution in [3.63, 3.8) is 0 Å². The second kappa shape index (κ2) is 5.64. The number of carbonyl (C=O) groups excluding carboxylic acids is 1. The number of carbonyl (C=O) groups is 2. The van der Waals surface area contributed by atoms with Gasteiger partial charge in [-0.05, 0) is 36.6 Å². The number of aliphatic carboxylic acids is 1. The van der Waals surface area contributed by atoms with Crippen molar-refractivity contribution in [3.05, 3.63) is 34.4 Å². The summed E-state index contributed by atoms with van der Waals surface area (Å²) in [5, 5.41) is 8.72. The number of methoxy groups -OCH3 is 1. The quantitative estimate of drug-likeness (QED) is 0.793. The molecule has 5 heteroatoms. The summed E-state index contributed by atoms with van der Waals surface area (Å²) >= 11 is 0. The van der Waals surface area contributed by atoms with Crippen molar-refractivity contribution in [1.82, 2.24) is 0 Å². The van der Waals surface area contributed by atoms with Gasteiger partial charge < -0.3 is 15.6 Å². The Morgan fingerprint density at radius 3 is 2.50 bits per heavy atom. The van der Waals surface area contributed by atoms with Crippen molar-refractivity contribution in [2.45, 2.75) is 26.3 Å². The van der Waals surface area contributed by atoms with E-state index in [-0.39, 0.29) is 6.42 Å². The molecule has 0 aliphatic rings. The fourth-order valence-corrected chi connectivity index (χ4v) is 1.73. The molecule has 0 bridgehead atoms. The first kappa shape index (κ1) is 14.2. The highest BCUT2D eigenvalue weighted by Crippen LogP contribution is 2.22. The predicted octanol–water partition coefficient (Wildman–Crippen LogP) is 1.56. The summed E-state index contributed by atoms with van der Waals surface area (Å²) in [6.45, 7) is 3.66. The molecular weight excluding hydrogens is 234 g/mol. The van der Waals surface area contributed by atoms with E-state index in [0.717, 1.165) is 11.1 Å². The monoisotopic (exact) mass is 251 g/mol. The Bertz CT molecular complexity index is 482. The van der Waals surface area contributed by atoms with Gasteiger partial charge in [-0.3, -0.25) is 4.79 Å². The predicted molar refractivity (Wildman–Crippen MR) is 66.4 cm³/mol. The van der Waals surface area contributed by atoms with E-state index in [4.69, 9.17) is 15.6 Å². The normalized spacial score (nSPS) is 12.0. The molecule has 0 radical (unpaired) electrons. The lowest BCUT2D eigenvalue weighted by atomic mass is 9.95. The minimum absolute atomic E-state index is 0.177. The zero-order chi connectivity index (χ0) is 13.9. The first-order valence-corrected chi connectivity index (χ1v) is 5.53. The standard InChI is InChI=1S/C13H17NO4/c1-7-4-9(11(14)6-12(15)16)5-10(8(7)2)13(17)18-3/h4-5,11H,6,14H2,1-3H3,(H,15,16). The lowest BCUT2D eigenvalue weighted by molar-refractivity contribution is -0.137. The van der Waals surface area contributed by atoms with Gasteiger partial charge in [-0.25, -0.2) is 4.79 Å². The highest BCUT2D eigenvalue weighted by Gasteiger charge is 2.17. The minimum atomic E-state index is -0.972. The number of esters is 1. The van der Waals surface area contributed by atoms with Crippen molar-refractivity contribution >= 4 is 11.9 Å². The van der Waals surface area contributed by atoms with Gasteiger partial charge >= 0.3 is 11.9 Å². The largest absolute Gasteiger partial charge is 0.481 e. The molecule has 0 amide bonds. The number of aryl methyl sites for hydroxylation is 1. The third-order valence-electron chi connectivity index (χ3n) is 2.92. The summed E-state index contributed by atoms with van der Waals surface area (Å²) in [6, 6.07) is 2.77. The van der Waals surface area contributed by atoms with E-state index in [0.29, 0.717) is 11.1 Å². The molecule has 0 heterocycles. The first-order valence-electron chi connectivity index (χ1n) is 5.53. The summed E-state index contributed by atoms with van der Waals surface area (Å²) in [5.41, 5.74) is 8.54. The second-order valence-corrected chi connectivity index (χ2v) is 4.21. The molecule has 0 fully saturated rings. The van der Waals surface area contributed by atoms with Crippen molar-refractivity contribution in [3.8, 4) is 0 Å². The van der Waals surface area contributed by atoms with Gasteiger partial charge in [-0.2, -0.15) is 0 Å². The van der Waals surface area contributed by atoms with E-state index in [1.54, 1.807) is 12.1 Å². The van der Waals surface area contributed by atoms with Crippen LogP contribution in [0.2, 0.25) is 0 Å². The van der Waals surface area contributed by atoms with Gasteiger partial charge in [-0.1, -0.05) is 6.07 Å². The van der Waals surface area contributed by atoms with Crippen LogP contribution in [0.15, 0.2) is 12.1 Å². The number of ether oxygens (including phenoxy) is 1. The van der Waals surface area contributed by atoms with Crippen molar-refractivity contribution in [2.24, 2.45) is 5.73 Å². The van der Waals surface area contributed by atoms with E-state index in [9.17, 15) is 9.59 Å². The molecule has 0 aromatic heterocycles. The minimum Gasteiger partial charge on any atom is -0.481 e. The number of hydrogen-bond acceptors (Lipinski definition) is 4. The maximum Gasteiger partial charge on any atom is 0.338 e. The SMILES string of the molecule is COC(=O)c1cc(C(N)CC(=O)O)cc(C)c1C. The molecular formula is C13H17NO4. The molecule has 0 saturated carbocycles. The molecule has 0 aliphatic heterocycles. The Morgan fingerprint density at radius 1 is 1.39 bits per heavy atom. The van der Waals surface area contributed by atoms with Gasteiger partial charge in [0, 0.05) is 6.04 Å². The molecule has 1 aromatic rings. The Morgan fingerprint density at radius 2 is 2.00 bits per heavy atom. The molecule has 98 valence electrons. The van der Waals surface area contributed by atoms with Crippen molar-refractivity contribution in [1.29, 1.82) is 0 Å². The third-order valence-corrected chi connectivity index (χ3v) is 2.92. The van der Waals surface area contributed by atoms with E-state index in [2.05, 4.69) is 0 Å². The number of carboxylic acid groups (broad SMARTS) is 1. The topological polar surface area (TPSA) is 89.6 Å². The van der Waals surface area contributed by atoms with Crippen LogP contribution in [0.25, 0.3) is 0 Å². The maximum absolute atomic E-state index is 11.6. The number of hydrogen-bond donors (Lipinski definition) is 2. The molecule has 18 heavy (non-hydrogen) atoms. The van der Waals surface area contributed by atoms with Crippen LogP contribution in [0.4, 0.5) is 0 Å². The number of rotatable bonds is 4. The fourth-order valence-electron chi connectivity index (χ4n) is 1.73. The summed E-state index contributed by atoms with van der Waals surface area (Å²) in [5.74, 6) is -1.42. The molecule has 0 aliphatic carbocycles.